The number of H-pyrrole nitrogens is 1. The number of fused-ring (bicyclic) bond motifs is 2. The number of aromatic amines is 1. The van der Waals surface area contributed by atoms with E-state index in [4.69, 9.17) is 0 Å². The van der Waals surface area contributed by atoms with Crippen LogP contribution in [0, 0.1) is 5.82 Å². The summed E-state index contributed by atoms with van der Waals surface area (Å²) in [5.41, 5.74) is 1.86. The summed E-state index contributed by atoms with van der Waals surface area (Å²) >= 11 is 0. The second kappa shape index (κ2) is 6.90. The van der Waals surface area contributed by atoms with E-state index in [1.54, 1.807) is 18.5 Å². The van der Waals surface area contributed by atoms with Crippen LogP contribution in [0.2, 0.25) is 0 Å². The lowest BCUT2D eigenvalue weighted by atomic mass is 10.0. The van der Waals surface area contributed by atoms with Crippen LogP contribution in [0.25, 0.3) is 22.2 Å². The highest BCUT2D eigenvalue weighted by atomic mass is 19.1. The van der Waals surface area contributed by atoms with Crippen LogP contribution in [-0.4, -0.2) is 24.5 Å². The molecule has 0 amide bonds. The van der Waals surface area contributed by atoms with Gasteiger partial charge in [-0.2, -0.15) is 0 Å². The summed E-state index contributed by atoms with van der Waals surface area (Å²) in [6, 6.07) is 6.31. The minimum absolute atomic E-state index is 0.219. The molecular formula is C20H20FN5O. The van der Waals surface area contributed by atoms with Gasteiger partial charge in [-0.25, -0.2) is 19.3 Å². The van der Waals surface area contributed by atoms with Crippen molar-refractivity contribution in [2.24, 2.45) is 0 Å². The van der Waals surface area contributed by atoms with Crippen molar-refractivity contribution in [3.8, 4) is 0 Å². The fraction of sp³-hybridized carbons (Fsp3) is 0.300. The summed E-state index contributed by atoms with van der Waals surface area (Å²) in [6.45, 7) is 4.63. The van der Waals surface area contributed by atoms with Gasteiger partial charge in [0, 0.05) is 29.8 Å². The molecule has 6 nitrogen and oxygen atoms in total. The minimum Gasteiger partial charge on any atom is -0.319 e. The van der Waals surface area contributed by atoms with Gasteiger partial charge in [-0.3, -0.25) is 4.79 Å². The Morgan fingerprint density at radius 1 is 1.26 bits per heavy atom. The van der Waals surface area contributed by atoms with Crippen LogP contribution >= 0.6 is 0 Å². The number of imidazole rings is 1. The van der Waals surface area contributed by atoms with Crippen molar-refractivity contribution < 1.29 is 4.39 Å². The molecule has 1 N–H and O–H groups in total. The first-order chi connectivity index (χ1) is 13.1. The van der Waals surface area contributed by atoms with Gasteiger partial charge in [-0.15, -0.1) is 0 Å². The van der Waals surface area contributed by atoms with Crippen molar-refractivity contribution in [2.75, 3.05) is 0 Å². The van der Waals surface area contributed by atoms with Gasteiger partial charge in [-0.1, -0.05) is 32.4 Å². The summed E-state index contributed by atoms with van der Waals surface area (Å²) < 4.78 is 16.2. The number of halogens is 1. The third-order valence-electron chi connectivity index (χ3n) is 4.82. The summed E-state index contributed by atoms with van der Waals surface area (Å²) in [5, 5.41) is 0.675. The van der Waals surface area contributed by atoms with Crippen molar-refractivity contribution in [1.82, 2.24) is 24.5 Å². The molecule has 0 saturated heterocycles. The smallest absolute Gasteiger partial charge is 0.248 e. The first-order valence-corrected chi connectivity index (χ1v) is 9.06. The predicted molar refractivity (Wildman–Crippen MR) is 102 cm³/mol. The maximum absolute atomic E-state index is 14.2. The zero-order chi connectivity index (χ0) is 19.0. The lowest BCUT2D eigenvalue weighted by Gasteiger charge is -2.15. The molecule has 3 heterocycles. The quantitative estimate of drug-likeness (QED) is 0.584. The van der Waals surface area contributed by atoms with Gasteiger partial charge in [0.15, 0.2) is 11.3 Å². The van der Waals surface area contributed by atoms with Gasteiger partial charge >= 0.3 is 0 Å². The maximum Gasteiger partial charge on any atom is 0.248 e. The second-order valence-electron chi connectivity index (χ2n) is 6.77. The molecule has 3 aromatic heterocycles. The average molecular weight is 365 g/mol. The summed E-state index contributed by atoms with van der Waals surface area (Å²) in [7, 11) is 0. The molecule has 1 aromatic carbocycles. The summed E-state index contributed by atoms with van der Waals surface area (Å²) in [5.74, 6) is 0.653. The number of para-hydroxylation sites is 1. The third kappa shape index (κ3) is 3.09. The predicted octanol–water partition coefficient (Wildman–Crippen LogP) is 3.76. The Morgan fingerprint density at radius 2 is 2.07 bits per heavy atom. The Kier molecular flexibility index (Phi) is 4.43. The standard InChI is InChI=1S/C20H20FN5O/c1-3-5-12(2)19-25-18-20(23-9-8-22-18)26(19)11-13-10-16(27)24-17-14(13)6-4-7-15(17)21/h4,6-10,12H,3,5,11H2,1-2H3,(H,24,27). The Hall–Kier alpha value is -3.09. The van der Waals surface area contributed by atoms with E-state index in [0.29, 0.717) is 23.2 Å². The van der Waals surface area contributed by atoms with E-state index in [1.165, 1.54) is 12.1 Å². The number of rotatable bonds is 5. The van der Waals surface area contributed by atoms with Crippen LogP contribution < -0.4 is 5.56 Å². The zero-order valence-electron chi connectivity index (χ0n) is 15.2. The van der Waals surface area contributed by atoms with E-state index in [0.717, 1.165) is 24.2 Å². The van der Waals surface area contributed by atoms with Gasteiger partial charge in [0.25, 0.3) is 0 Å². The third-order valence-corrected chi connectivity index (χ3v) is 4.82. The molecule has 0 aliphatic heterocycles. The molecule has 1 atom stereocenters. The highest BCUT2D eigenvalue weighted by Crippen LogP contribution is 2.26. The Morgan fingerprint density at radius 3 is 2.89 bits per heavy atom. The molecule has 4 rings (SSSR count). The Balaban J connectivity index is 1.92. The average Bonchev–Trinajstić information content (AvgIpc) is 3.02. The largest absolute Gasteiger partial charge is 0.319 e. The van der Waals surface area contributed by atoms with Gasteiger partial charge in [0.2, 0.25) is 5.56 Å². The van der Waals surface area contributed by atoms with E-state index >= 15 is 0 Å². The number of aromatic nitrogens is 5. The molecule has 138 valence electrons. The molecule has 0 radical (unpaired) electrons. The number of nitrogens with zero attached hydrogens (tertiary/aromatic N) is 4. The highest BCUT2D eigenvalue weighted by Gasteiger charge is 2.19. The number of benzene rings is 1. The van der Waals surface area contributed by atoms with Crippen LogP contribution in [-0.2, 0) is 6.54 Å². The molecule has 0 bridgehead atoms. The summed E-state index contributed by atoms with van der Waals surface area (Å²) in [6.07, 6.45) is 5.26. The number of nitrogens with one attached hydrogen (secondary N) is 1. The van der Waals surface area contributed by atoms with E-state index in [9.17, 15) is 9.18 Å². The number of pyridine rings is 1. The van der Waals surface area contributed by atoms with Crippen molar-refractivity contribution in [3.63, 3.8) is 0 Å². The van der Waals surface area contributed by atoms with Crippen LogP contribution in [0.15, 0.2) is 41.5 Å². The van der Waals surface area contributed by atoms with Crippen LogP contribution in [0.1, 0.15) is 44.0 Å². The molecule has 0 aliphatic rings. The highest BCUT2D eigenvalue weighted by molar-refractivity contribution is 5.82. The van der Waals surface area contributed by atoms with Crippen LogP contribution in [0.3, 0.4) is 0 Å². The fourth-order valence-corrected chi connectivity index (χ4v) is 3.58. The van der Waals surface area contributed by atoms with E-state index in [2.05, 4.69) is 33.8 Å². The van der Waals surface area contributed by atoms with Gasteiger partial charge in [0.1, 0.15) is 11.6 Å². The van der Waals surface area contributed by atoms with Crippen molar-refractivity contribution in [2.45, 2.75) is 39.2 Å². The minimum atomic E-state index is -0.443. The van der Waals surface area contributed by atoms with Gasteiger partial charge in [-0.05, 0) is 18.1 Å². The number of hydrogen-bond acceptors (Lipinski definition) is 4. The van der Waals surface area contributed by atoms with Crippen LogP contribution in [0.5, 0.6) is 0 Å². The Bertz CT molecular complexity index is 1180. The maximum atomic E-state index is 14.2. The number of hydrogen-bond donors (Lipinski definition) is 1. The van der Waals surface area contributed by atoms with E-state index in [-0.39, 0.29) is 17.0 Å². The first kappa shape index (κ1) is 17.3. The summed E-state index contributed by atoms with van der Waals surface area (Å²) in [4.78, 5) is 28.1. The van der Waals surface area contributed by atoms with Crippen LogP contribution in [0.4, 0.5) is 4.39 Å². The first-order valence-electron chi connectivity index (χ1n) is 9.06. The normalized spacial score (nSPS) is 12.7. The molecule has 0 fully saturated rings. The monoisotopic (exact) mass is 365 g/mol. The molecule has 0 saturated carbocycles. The van der Waals surface area contributed by atoms with Crippen molar-refractivity contribution in [1.29, 1.82) is 0 Å². The van der Waals surface area contributed by atoms with Crippen molar-refractivity contribution in [3.05, 3.63) is 64.2 Å². The zero-order valence-corrected chi connectivity index (χ0v) is 15.2. The fourth-order valence-electron chi connectivity index (χ4n) is 3.58. The Labute approximate surface area is 155 Å². The topological polar surface area (TPSA) is 76.5 Å². The molecule has 0 aliphatic carbocycles. The molecule has 0 spiro atoms. The van der Waals surface area contributed by atoms with Gasteiger partial charge < -0.3 is 9.55 Å². The van der Waals surface area contributed by atoms with E-state index in [1.807, 2.05) is 10.6 Å². The molecular weight excluding hydrogens is 345 g/mol. The molecule has 7 heteroatoms. The lowest BCUT2D eigenvalue weighted by molar-refractivity contribution is 0.591. The molecule has 27 heavy (non-hydrogen) atoms. The van der Waals surface area contributed by atoms with E-state index < -0.39 is 5.82 Å². The van der Waals surface area contributed by atoms with Crippen molar-refractivity contribution >= 4 is 22.2 Å². The SMILES string of the molecule is CCCC(C)c1nc2nccnc2n1Cc1cc(=O)[nH]c2c(F)cccc12. The second-order valence-corrected chi connectivity index (χ2v) is 6.77. The van der Waals surface area contributed by atoms with Gasteiger partial charge in [0.05, 0.1) is 12.1 Å². The molecule has 1 unspecified atom stereocenters. The lowest BCUT2D eigenvalue weighted by Crippen LogP contribution is -2.13. The molecule has 4 aromatic rings.